The lowest BCUT2D eigenvalue weighted by atomic mass is 9.98. The average molecular weight is 264 g/mol. The monoisotopic (exact) mass is 264 g/mol. The molecule has 1 fully saturated rings. The van der Waals surface area contributed by atoms with Crippen molar-refractivity contribution >= 4 is 24.3 Å². The van der Waals surface area contributed by atoms with Gasteiger partial charge in [0.05, 0.1) is 5.69 Å². The molecule has 0 radical (unpaired) electrons. The van der Waals surface area contributed by atoms with Crippen molar-refractivity contribution in [3.63, 3.8) is 0 Å². The van der Waals surface area contributed by atoms with E-state index >= 15 is 0 Å². The second-order valence-corrected chi connectivity index (χ2v) is 5.47. The molecule has 0 aliphatic carbocycles. The molecule has 0 bridgehead atoms. The van der Waals surface area contributed by atoms with Crippen LogP contribution < -0.4 is 5.32 Å². The van der Waals surface area contributed by atoms with E-state index in [4.69, 9.17) is 0 Å². The molecule has 2 amide bonds. The van der Waals surface area contributed by atoms with Crippen molar-refractivity contribution in [1.82, 2.24) is 4.90 Å². The Bertz CT molecular complexity index is 426. The molecule has 0 saturated carbocycles. The number of carbonyl (C=O) groups is 1. The number of anilines is 1. The van der Waals surface area contributed by atoms with Crippen molar-refractivity contribution in [2.45, 2.75) is 50.1 Å². The quantitative estimate of drug-likeness (QED) is 0.744. The zero-order chi connectivity index (χ0) is 13.1. The van der Waals surface area contributed by atoms with Crippen molar-refractivity contribution in [1.29, 1.82) is 0 Å². The Labute approximate surface area is 114 Å². The maximum Gasteiger partial charge on any atom is 0.322 e. The van der Waals surface area contributed by atoms with Gasteiger partial charge in [-0.25, -0.2) is 4.79 Å². The number of piperidine rings is 1. The number of hydrogen-bond acceptors (Lipinski definition) is 2. The number of nitrogens with zero attached hydrogens (tertiary/aromatic N) is 1. The van der Waals surface area contributed by atoms with Crippen molar-refractivity contribution < 1.29 is 4.79 Å². The molecule has 3 nitrogen and oxygen atoms in total. The molecule has 2 rings (SSSR count). The van der Waals surface area contributed by atoms with Crippen LogP contribution in [0.4, 0.5) is 10.5 Å². The summed E-state index contributed by atoms with van der Waals surface area (Å²) >= 11 is 4.35. The third kappa shape index (κ3) is 2.80. The van der Waals surface area contributed by atoms with Crippen LogP contribution in [-0.4, -0.2) is 23.0 Å². The van der Waals surface area contributed by atoms with Gasteiger partial charge in [0.25, 0.3) is 0 Å². The number of urea groups is 1. The third-order valence-corrected chi connectivity index (χ3v) is 3.96. The van der Waals surface area contributed by atoms with Crippen LogP contribution >= 0.6 is 12.6 Å². The minimum Gasteiger partial charge on any atom is -0.319 e. The number of para-hydroxylation sites is 1. The number of rotatable bonds is 1. The van der Waals surface area contributed by atoms with E-state index in [1.165, 1.54) is 6.42 Å². The van der Waals surface area contributed by atoms with Crippen LogP contribution in [0.5, 0.6) is 0 Å². The maximum atomic E-state index is 12.3. The van der Waals surface area contributed by atoms with Crippen LogP contribution in [0.2, 0.25) is 0 Å². The van der Waals surface area contributed by atoms with Gasteiger partial charge < -0.3 is 10.2 Å². The van der Waals surface area contributed by atoms with E-state index < -0.39 is 0 Å². The first-order valence-electron chi connectivity index (χ1n) is 6.47. The summed E-state index contributed by atoms with van der Waals surface area (Å²) in [6.45, 7) is 4.23. The Morgan fingerprint density at radius 2 is 1.89 bits per heavy atom. The molecule has 1 aliphatic heterocycles. The van der Waals surface area contributed by atoms with E-state index in [0.717, 1.165) is 23.4 Å². The normalized spacial score (nSPS) is 23.8. The number of benzene rings is 1. The van der Waals surface area contributed by atoms with Crippen molar-refractivity contribution in [3.8, 4) is 0 Å². The van der Waals surface area contributed by atoms with Crippen LogP contribution in [0.15, 0.2) is 29.2 Å². The van der Waals surface area contributed by atoms with Crippen molar-refractivity contribution in [2.75, 3.05) is 5.32 Å². The molecule has 1 heterocycles. The van der Waals surface area contributed by atoms with Crippen LogP contribution in [0, 0.1) is 0 Å². The van der Waals surface area contributed by atoms with Crippen LogP contribution in [0.3, 0.4) is 0 Å². The fraction of sp³-hybridized carbons (Fsp3) is 0.500. The minimum absolute atomic E-state index is 0.0174. The lowest BCUT2D eigenvalue weighted by Gasteiger charge is -2.38. The van der Waals surface area contributed by atoms with Crippen LogP contribution in [0.25, 0.3) is 0 Å². The summed E-state index contributed by atoms with van der Waals surface area (Å²) in [5.41, 5.74) is 0.774. The second kappa shape index (κ2) is 5.65. The molecule has 18 heavy (non-hydrogen) atoms. The van der Waals surface area contributed by atoms with Gasteiger partial charge >= 0.3 is 6.03 Å². The predicted molar refractivity (Wildman–Crippen MR) is 77.3 cm³/mol. The van der Waals surface area contributed by atoms with E-state index in [1.807, 2.05) is 29.2 Å². The molecule has 4 heteroatoms. The highest BCUT2D eigenvalue weighted by Crippen LogP contribution is 2.25. The molecule has 0 aromatic heterocycles. The Morgan fingerprint density at radius 3 is 2.50 bits per heavy atom. The van der Waals surface area contributed by atoms with E-state index in [2.05, 4.69) is 31.8 Å². The van der Waals surface area contributed by atoms with E-state index in [-0.39, 0.29) is 6.03 Å². The van der Waals surface area contributed by atoms with E-state index in [1.54, 1.807) is 0 Å². The Hall–Kier alpha value is -1.16. The van der Waals surface area contributed by atoms with Crippen molar-refractivity contribution in [2.24, 2.45) is 0 Å². The molecule has 1 N–H and O–H groups in total. The maximum absolute atomic E-state index is 12.3. The van der Waals surface area contributed by atoms with Gasteiger partial charge in [-0.2, -0.15) is 0 Å². The highest BCUT2D eigenvalue weighted by molar-refractivity contribution is 7.80. The van der Waals surface area contributed by atoms with Gasteiger partial charge in [-0.3, -0.25) is 0 Å². The number of thiol groups is 1. The first kappa shape index (κ1) is 13.3. The fourth-order valence-electron chi connectivity index (χ4n) is 2.58. The number of likely N-dealkylation sites (tertiary alicyclic amines) is 1. The second-order valence-electron chi connectivity index (χ2n) is 4.98. The molecule has 1 aliphatic rings. The molecule has 1 aromatic rings. The summed E-state index contributed by atoms with van der Waals surface area (Å²) < 4.78 is 0. The molecule has 1 aromatic carbocycles. The average Bonchev–Trinajstić information content (AvgIpc) is 2.32. The van der Waals surface area contributed by atoms with Gasteiger partial charge in [0, 0.05) is 17.0 Å². The lowest BCUT2D eigenvalue weighted by molar-refractivity contribution is 0.133. The number of carbonyl (C=O) groups excluding carboxylic acids is 1. The zero-order valence-electron chi connectivity index (χ0n) is 10.9. The molecule has 0 spiro atoms. The fourth-order valence-corrected chi connectivity index (χ4v) is 2.80. The highest BCUT2D eigenvalue weighted by Gasteiger charge is 2.28. The topological polar surface area (TPSA) is 32.3 Å². The Morgan fingerprint density at radius 1 is 1.28 bits per heavy atom. The van der Waals surface area contributed by atoms with Gasteiger partial charge in [-0.1, -0.05) is 12.1 Å². The van der Waals surface area contributed by atoms with Gasteiger partial charge in [0.1, 0.15) is 0 Å². The Balaban J connectivity index is 2.09. The summed E-state index contributed by atoms with van der Waals surface area (Å²) in [7, 11) is 0. The molecule has 1 saturated heterocycles. The summed E-state index contributed by atoms with van der Waals surface area (Å²) in [5, 5.41) is 2.95. The zero-order valence-corrected chi connectivity index (χ0v) is 11.8. The smallest absolute Gasteiger partial charge is 0.319 e. The summed E-state index contributed by atoms with van der Waals surface area (Å²) in [5.74, 6) is 0. The first-order chi connectivity index (χ1) is 8.59. The molecular formula is C14H20N2OS. The third-order valence-electron chi connectivity index (χ3n) is 3.57. The van der Waals surface area contributed by atoms with Crippen molar-refractivity contribution in [3.05, 3.63) is 24.3 Å². The summed E-state index contributed by atoms with van der Waals surface area (Å²) in [6, 6.07) is 8.15. The van der Waals surface area contributed by atoms with E-state index in [0.29, 0.717) is 12.1 Å². The number of nitrogens with one attached hydrogen (secondary N) is 1. The summed E-state index contributed by atoms with van der Waals surface area (Å²) in [4.78, 5) is 15.1. The van der Waals surface area contributed by atoms with Gasteiger partial charge in [0.2, 0.25) is 0 Å². The largest absolute Gasteiger partial charge is 0.322 e. The Kier molecular flexibility index (Phi) is 4.17. The standard InChI is InChI=1S/C14H20N2OS/c1-10-6-5-7-11(2)16(10)14(17)15-12-8-3-4-9-13(12)18/h3-4,8-11,18H,5-7H2,1-2H3,(H,15,17). The van der Waals surface area contributed by atoms with Crippen LogP contribution in [-0.2, 0) is 0 Å². The molecular weight excluding hydrogens is 244 g/mol. The summed E-state index contributed by atoms with van der Waals surface area (Å²) in [6.07, 6.45) is 3.37. The molecule has 2 atom stereocenters. The number of amides is 2. The predicted octanol–water partition coefficient (Wildman–Crippen LogP) is 3.77. The van der Waals surface area contributed by atoms with Gasteiger partial charge in [-0.15, -0.1) is 12.6 Å². The molecule has 2 unspecified atom stereocenters. The van der Waals surface area contributed by atoms with E-state index in [9.17, 15) is 4.79 Å². The highest BCUT2D eigenvalue weighted by atomic mass is 32.1. The van der Waals surface area contributed by atoms with Gasteiger partial charge in [0.15, 0.2) is 0 Å². The molecule has 98 valence electrons. The minimum atomic E-state index is -0.0174. The first-order valence-corrected chi connectivity index (χ1v) is 6.91. The lowest BCUT2D eigenvalue weighted by Crippen LogP contribution is -2.49. The number of hydrogen-bond donors (Lipinski definition) is 2. The SMILES string of the molecule is CC1CCCC(C)N1C(=O)Nc1ccccc1S. The van der Waals surface area contributed by atoms with Gasteiger partial charge in [-0.05, 0) is 45.2 Å². The van der Waals surface area contributed by atoms with Crippen LogP contribution in [0.1, 0.15) is 33.1 Å².